The zero-order valence-corrected chi connectivity index (χ0v) is 15.7. The molecule has 0 aromatic heterocycles. The van der Waals surface area contributed by atoms with Crippen molar-refractivity contribution in [2.24, 2.45) is 0 Å². The predicted octanol–water partition coefficient (Wildman–Crippen LogP) is 4.08. The molecule has 0 spiro atoms. The van der Waals surface area contributed by atoms with Gasteiger partial charge in [-0.05, 0) is 44.2 Å². The van der Waals surface area contributed by atoms with Crippen molar-refractivity contribution >= 4 is 23.5 Å². The van der Waals surface area contributed by atoms with Crippen molar-refractivity contribution in [2.45, 2.75) is 26.4 Å². The summed E-state index contributed by atoms with van der Waals surface area (Å²) in [6.07, 6.45) is -0.0967. The number of carbonyl (C=O) groups excluding carboxylic acids is 2. The standard InChI is InChI=1S/C20H19ClN2O4/c1-13(2)26-19(24)9-10-23-20(25)14-5-3-6-15(11-14)27-18-8-4-7-17(21)16(18)12-22/h3-8,11,13H,9-10H2,1-2H3,(H,23,25). The number of halogens is 1. The van der Waals surface area contributed by atoms with E-state index in [1.54, 1.807) is 56.3 Å². The van der Waals surface area contributed by atoms with E-state index < -0.39 is 0 Å². The van der Waals surface area contributed by atoms with Gasteiger partial charge in [0.05, 0.1) is 17.5 Å². The molecule has 6 nitrogen and oxygen atoms in total. The van der Waals surface area contributed by atoms with Crippen LogP contribution in [-0.2, 0) is 9.53 Å². The van der Waals surface area contributed by atoms with Crippen LogP contribution < -0.4 is 10.1 Å². The summed E-state index contributed by atoms with van der Waals surface area (Å²) in [7, 11) is 0. The summed E-state index contributed by atoms with van der Waals surface area (Å²) < 4.78 is 10.7. The zero-order chi connectivity index (χ0) is 19.8. The molecule has 1 N–H and O–H groups in total. The average Bonchev–Trinajstić information content (AvgIpc) is 2.61. The summed E-state index contributed by atoms with van der Waals surface area (Å²) in [4.78, 5) is 23.7. The van der Waals surface area contributed by atoms with Gasteiger partial charge in [0.25, 0.3) is 5.91 Å². The number of rotatable bonds is 7. The lowest BCUT2D eigenvalue weighted by Gasteiger charge is -2.10. The summed E-state index contributed by atoms with van der Waals surface area (Å²) in [5.74, 6) is -0.0172. The fraction of sp³-hybridized carbons (Fsp3) is 0.250. The number of nitrogens with zero attached hydrogens (tertiary/aromatic N) is 1. The maximum atomic E-state index is 12.2. The summed E-state index contributed by atoms with van der Waals surface area (Å²) >= 11 is 5.99. The van der Waals surface area contributed by atoms with E-state index in [2.05, 4.69) is 5.32 Å². The summed E-state index contributed by atoms with van der Waals surface area (Å²) in [5.41, 5.74) is 0.586. The summed E-state index contributed by atoms with van der Waals surface area (Å²) in [6.45, 7) is 3.70. The molecule has 0 aliphatic carbocycles. The Balaban J connectivity index is 2.01. The first-order valence-corrected chi connectivity index (χ1v) is 8.72. The van der Waals surface area contributed by atoms with E-state index in [0.717, 1.165) is 0 Å². The molecule has 0 atom stereocenters. The first-order chi connectivity index (χ1) is 12.9. The van der Waals surface area contributed by atoms with Crippen LogP contribution in [0.2, 0.25) is 5.02 Å². The quantitative estimate of drug-likeness (QED) is 0.724. The van der Waals surface area contributed by atoms with Crippen molar-refractivity contribution in [2.75, 3.05) is 6.54 Å². The van der Waals surface area contributed by atoms with Gasteiger partial charge in [-0.3, -0.25) is 9.59 Å². The molecular formula is C20H19ClN2O4. The average molecular weight is 387 g/mol. The topological polar surface area (TPSA) is 88.4 Å². The number of benzene rings is 2. The Bertz CT molecular complexity index is 875. The van der Waals surface area contributed by atoms with Crippen molar-refractivity contribution in [3.05, 3.63) is 58.6 Å². The Kier molecular flexibility index (Phi) is 7.21. The third kappa shape index (κ3) is 6.01. The lowest BCUT2D eigenvalue weighted by molar-refractivity contribution is -0.147. The molecule has 0 heterocycles. The molecule has 0 unspecified atom stereocenters. The minimum atomic E-state index is -0.368. The van der Waals surface area contributed by atoms with Gasteiger partial charge in [-0.2, -0.15) is 5.26 Å². The lowest BCUT2D eigenvalue weighted by atomic mass is 10.2. The highest BCUT2D eigenvalue weighted by atomic mass is 35.5. The number of carbonyl (C=O) groups is 2. The molecule has 0 radical (unpaired) electrons. The van der Waals surface area contributed by atoms with Gasteiger partial charge in [0.2, 0.25) is 0 Å². The highest BCUT2D eigenvalue weighted by Gasteiger charge is 2.12. The van der Waals surface area contributed by atoms with E-state index in [1.165, 1.54) is 0 Å². The number of nitriles is 1. The van der Waals surface area contributed by atoms with Crippen LogP contribution in [0.25, 0.3) is 0 Å². The molecule has 140 valence electrons. The molecule has 2 aromatic rings. The second-order valence-electron chi connectivity index (χ2n) is 5.90. The van der Waals surface area contributed by atoms with E-state index >= 15 is 0 Å². The molecule has 2 rings (SSSR count). The van der Waals surface area contributed by atoms with Crippen LogP contribution in [-0.4, -0.2) is 24.5 Å². The van der Waals surface area contributed by atoms with Crippen molar-refractivity contribution < 1.29 is 19.1 Å². The number of hydrogen-bond acceptors (Lipinski definition) is 5. The van der Waals surface area contributed by atoms with Gasteiger partial charge in [0.1, 0.15) is 23.1 Å². The predicted molar refractivity (Wildman–Crippen MR) is 101 cm³/mol. The second-order valence-corrected chi connectivity index (χ2v) is 6.31. The van der Waals surface area contributed by atoms with E-state index in [0.29, 0.717) is 17.1 Å². The number of hydrogen-bond donors (Lipinski definition) is 1. The lowest BCUT2D eigenvalue weighted by Crippen LogP contribution is -2.27. The van der Waals surface area contributed by atoms with Crippen LogP contribution in [0.5, 0.6) is 11.5 Å². The van der Waals surface area contributed by atoms with Gasteiger partial charge in [0, 0.05) is 12.1 Å². The summed E-state index contributed by atoms with van der Waals surface area (Å²) in [5, 5.41) is 12.1. The molecule has 27 heavy (non-hydrogen) atoms. The largest absolute Gasteiger partial charge is 0.463 e. The Morgan fingerprint density at radius 2 is 1.96 bits per heavy atom. The number of ether oxygens (including phenoxy) is 2. The number of nitrogens with one attached hydrogen (secondary N) is 1. The Morgan fingerprint density at radius 1 is 1.22 bits per heavy atom. The van der Waals surface area contributed by atoms with E-state index in [4.69, 9.17) is 21.1 Å². The molecule has 0 saturated heterocycles. The molecule has 0 bridgehead atoms. The molecule has 0 fully saturated rings. The van der Waals surface area contributed by atoms with Gasteiger partial charge in [0.15, 0.2) is 0 Å². The fourth-order valence-corrected chi connectivity index (χ4v) is 2.44. The Morgan fingerprint density at radius 3 is 2.67 bits per heavy atom. The van der Waals surface area contributed by atoms with Crippen molar-refractivity contribution in [1.82, 2.24) is 5.32 Å². The first-order valence-electron chi connectivity index (χ1n) is 8.35. The molecular weight excluding hydrogens is 368 g/mol. The third-order valence-corrected chi connectivity index (χ3v) is 3.71. The molecule has 1 amide bonds. The Labute approximate surface area is 162 Å². The van der Waals surface area contributed by atoms with Gasteiger partial charge in [-0.1, -0.05) is 23.7 Å². The minimum absolute atomic E-state index is 0.0914. The summed E-state index contributed by atoms with van der Waals surface area (Å²) in [6, 6.07) is 13.4. The van der Waals surface area contributed by atoms with Crippen LogP contribution in [0.3, 0.4) is 0 Å². The van der Waals surface area contributed by atoms with Crippen molar-refractivity contribution in [3.8, 4) is 17.6 Å². The van der Waals surface area contributed by atoms with Crippen LogP contribution in [0.1, 0.15) is 36.2 Å². The normalized spacial score (nSPS) is 10.2. The monoisotopic (exact) mass is 386 g/mol. The number of amides is 1. The van der Waals surface area contributed by atoms with Gasteiger partial charge >= 0.3 is 5.97 Å². The van der Waals surface area contributed by atoms with Gasteiger partial charge in [-0.25, -0.2) is 0 Å². The second kappa shape index (κ2) is 9.60. The maximum absolute atomic E-state index is 12.2. The zero-order valence-electron chi connectivity index (χ0n) is 15.0. The van der Waals surface area contributed by atoms with Crippen molar-refractivity contribution in [1.29, 1.82) is 5.26 Å². The van der Waals surface area contributed by atoms with Crippen LogP contribution in [0.15, 0.2) is 42.5 Å². The molecule has 0 aliphatic heterocycles. The molecule has 2 aromatic carbocycles. The molecule has 0 aliphatic rings. The van der Waals surface area contributed by atoms with Gasteiger partial charge < -0.3 is 14.8 Å². The highest BCUT2D eigenvalue weighted by molar-refractivity contribution is 6.31. The molecule has 7 heteroatoms. The van der Waals surface area contributed by atoms with E-state index in [1.807, 2.05) is 6.07 Å². The third-order valence-electron chi connectivity index (χ3n) is 3.39. The molecule has 0 saturated carbocycles. The fourth-order valence-electron chi connectivity index (χ4n) is 2.23. The highest BCUT2D eigenvalue weighted by Crippen LogP contribution is 2.30. The van der Waals surface area contributed by atoms with Crippen LogP contribution >= 0.6 is 11.6 Å². The van der Waals surface area contributed by atoms with Gasteiger partial charge in [-0.15, -0.1) is 0 Å². The first kappa shape index (κ1) is 20.3. The number of esters is 1. The van der Waals surface area contributed by atoms with E-state index in [-0.39, 0.29) is 41.5 Å². The minimum Gasteiger partial charge on any atom is -0.463 e. The van der Waals surface area contributed by atoms with Crippen molar-refractivity contribution in [3.63, 3.8) is 0 Å². The smallest absolute Gasteiger partial charge is 0.307 e. The van der Waals surface area contributed by atoms with Crippen LogP contribution in [0, 0.1) is 11.3 Å². The SMILES string of the molecule is CC(C)OC(=O)CCNC(=O)c1cccc(Oc2cccc(Cl)c2C#N)c1. The van der Waals surface area contributed by atoms with E-state index in [9.17, 15) is 14.9 Å². The Hall–Kier alpha value is -3.04. The van der Waals surface area contributed by atoms with Crippen LogP contribution in [0.4, 0.5) is 0 Å². The maximum Gasteiger partial charge on any atom is 0.307 e.